The number of hydrogen-bond donors (Lipinski definition) is 1. The zero-order valence-corrected chi connectivity index (χ0v) is 14.2. The fourth-order valence-electron chi connectivity index (χ4n) is 2.73. The van der Waals surface area contributed by atoms with E-state index in [1.165, 1.54) is 12.1 Å². The van der Waals surface area contributed by atoms with Crippen molar-refractivity contribution in [1.29, 1.82) is 0 Å². The summed E-state index contributed by atoms with van der Waals surface area (Å²) in [6, 6.07) is 10.8. The summed E-state index contributed by atoms with van der Waals surface area (Å²) in [6.45, 7) is 2.10. The molecule has 1 fully saturated rings. The molecule has 0 spiro atoms. The van der Waals surface area contributed by atoms with Gasteiger partial charge in [-0.15, -0.1) is 0 Å². The number of hydrogen-bond acceptors (Lipinski definition) is 4. The topological polar surface area (TPSA) is 79.7 Å². The highest BCUT2D eigenvalue weighted by atomic mass is 16.5. The Bertz CT molecular complexity index is 798. The van der Waals surface area contributed by atoms with E-state index in [4.69, 9.17) is 9.84 Å². The van der Waals surface area contributed by atoms with E-state index in [9.17, 15) is 9.59 Å². The third-order valence-corrected chi connectivity index (χ3v) is 4.30. The molecule has 1 aromatic carbocycles. The van der Waals surface area contributed by atoms with Crippen LogP contribution in [0.15, 0.2) is 36.4 Å². The maximum Gasteiger partial charge on any atom is 0.337 e. The van der Waals surface area contributed by atoms with Crippen LogP contribution >= 0.6 is 0 Å². The number of benzene rings is 1. The molecule has 0 aliphatic heterocycles. The van der Waals surface area contributed by atoms with Crippen molar-refractivity contribution < 1.29 is 19.4 Å². The molecular formula is C19H20N2O4. The number of aromatic nitrogens is 1. The average molecular weight is 340 g/mol. The van der Waals surface area contributed by atoms with Gasteiger partial charge in [-0.25, -0.2) is 9.78 Å². The molecule has 1 N–H and O–H groups in total. The van der Waals surface area contributed by atoms with E-state index in [-0.39, 0.29) is 23.2 Å². The predicted molar refractivity (Wildman–Crippen MR) is 91.8 cm³/mol. The fraction of sp³-hybridized carbons (Fsp3) is 0.316. The number of rotatable bonds is 6. The molecule has 6 nitrogen and oxygen atoms in total. The van der Waals surface area contributed by atoms with Crippen LogP contribution in [0.1, 0.15) is 44.9 Å². The van der Waals surface area contributed by atoms with Gasteiger partial charge in [-0.3, -0.25) is 4.79 Å². The third-order valence-electron chi connectivity index (χ3n) is 4.30. The molecule has 0 saturated heterocycles. The molecule has 2 aromatic rings. The first-order chi connectivity index (χ1) is 12.0. The second-order valence-electron chi connectivity index (χ2n) is 6.15. The maximum absolute atomic E-state index is 12.9. The minimum atomic E-state index is -1.04. The van der Waals surface area contributed by atoms with Crippen molar-refractivity contribution in [3.05, 3.63) is 58.9 Å². The Morgan fingerprint density at radius 1 is 1.20 bits per heavy atom. The average Bonchev–Trinajstić information content (AvgIpc) is 3.44. The summed E-state index contributed by atoms with van der Waals surface area (Å²) in [4.78, 5) is 30.0. The minimum Gasteiger partial charge on any atom is -0.497 e. The van der Waals surface area contributed by atoms with Crippen LogP contribution in [0.25, 0.3) is 0 Å². The minimum absolute atomic E-state index is 0.115. The molecule has 1 aromatic heterocycles. The highest BCUT2D eigenvalue weighted by Crippen LogP contribution is 2.30. The van der Waals surface area contributed by atoms with Gasteiger partial charge in [0.1, 0.15) is 11.4 Å². The summed E-state index contributed by atoms with van der Waals surface area (Å²) in [5.74, 6) is -0.436. The van der Waals surface area contributed by atoms with Crippen LogP contribution < -0.4 is 4.74 Å². The number of amides is 1. The number of aromatic carboxylic acids is 1. The van der Waals surface area contributed by atoms with Gasteiger partial charge in [-0.2, -0.15) is 0 Å². The van der Waals surface area contributed by atoms with E-state index >= 15 is 0 Å². The van der Waals surface area contributed by atoms with Crippen LogP contribution in [0.3, 0.4) is 0 Å². The van der Waals surface area contributed by atoms with Crippen LogP contribution in [-0.2, 0) is 6.54 Å². The molecule has 0 unspecified atom stereocenters. The largest absolute Gasteiger partial charge is 0.497 e. The Balaban J connectivity index is 1.81. The first kappa shape index (κ1) is 17.0. The molecule has 1 saturated carbocycles. The highest BCUT2D eigenvalue weighted by Gasteiger charge is 2.33. The lowest BCUT2D eigenvalue weighted by Gasteiger charge is -2.22. The van der Waals surface area contributed by atoms with Gasteiger partial charge in [-0.05, 0) is 49.6 Å². The summed E-state index contributed by atoms with van der Waals surface area (Å²) < 4.78 is 5.16. The van der Waals surface area contributed by atoms with Gasteiger partial charge in [0.2, 0.25) is 0 Å². The van der Waals surface area contributed by atoms with Gasteiger partial charge in [0.25, 0.3) is 5.91 Å². The number of carboxylic acids is 1. The van der Waals surface area contributed by atoms with E-state index in [1.807, 2.05) is 29.2 Å². The van der Waals surface area contributed by atoms with Crippen molar-refractivity contribution >= 4 is 11.9 Å². The standard InChI is InChI=1S/C19H20N2O4/c1-12-16(19(23)24)9-10-17(20-12)18(22)21(14-5-6-14)11-13-3-7-15(25-2)8-4-13/h3-4,7-10,14H,5-6,11H2,1-2H3,(H,23,24). The van der Waals surface area contributed by atoms with Gasteiger partial charge < -0.3 is 14.7 Å². The lowest BCUT2D eigenvalue weighted by Crippen LogP contribution is -2.33. The van der Waals surface area contributed by atoms with E-state index in [0.717, 1.165) is 24.2 Å². The SMILES string of the molecule is COc1ccc(CN(C(=O)c2ccc(C(=O)O)c(C)n2)C2CC2)cc1. The van der Waals surface area contributed by atoms with Gasteiger partial charge in [-0.1, -0.05) is 12.1 Å². The first-order valence-electron chi connectivity index (χ1n) is 8.14. The quantitative estimate of drug-likeness (QED) is 0.874. The fourth-order valence-corrected chi connectivity index (χ4v) is 2.73. The summed E-state index contributed by atoms with van der Waals surface area (Å²) in [6.07, 6.45) is 1.96. The molecule has 25 heavy (non-hydrogen) atoms. The number of aryl methyl sites for hydroxylation is 1. The van der Waals surface area contributed by atoms with E-state index in [0.29, 0.717) is 12.2 Å². The predicted octanol–water partition coefficient (Wildman–Crippen LogP) is 2.90. The molecule has 3 rings (SSSR count). The number of ether oxygens (including phenoxy) is 1. The molecule has 6 heteroatoms. The second kappa shape index (κ2) is 6.93. The second-order valence-corrected chi connectivity index (χ2v) is 6.15. The molecule has 0 radical (unpaired) electrons. The summed E-state index contributed by atoms with van der Waals surface area (Å²) >= 11 is 0. The number of carbonyl (C=O) groups is 2. The third kappa shape index (κ3) is 3.79. The Morgan fingerprint density at radius 2 is 1.88 bits per heavy atom. The Labute approximate surface area is 146 Å². The van der Waals surface area contributed by atoms with E-state index < -0.39 is 5.97 Å². The zero-order valence-electron chi connectivity index (χ0n) is 14.2. The summed E-state index contributed by atoms with van der Waals surface area (Å²) in [5, 5.41) is 9.09. The van der Waals surface area contributed by atoms with Gasteiger partial charge >= 0.3 is 5.97 Å². The molecule has 1 heterocycles. The van der Waals surface area contributed by atoms with Crippen molar-refractivity contribution in [2.75, 3.05) is 7.11 Å². The molecule has 1 aliphatic carbocycles. The molecule has 1 amide bonds. The molecule has 130 valence electrons. The normalized spacial score (nSPS) is 13.4. The van der Waals surface area contributed by atoms with Crippen LogP contribution in [0.2, 0.25) is 0 Å². The van der Waals surface area contributed by atoms with Crippen molar-refractivity contribution in [2.45, 2.75) is 32.4 Å². The lowest BCUT2D eigenvalue weighted by molar-refractivity contribution is 0.0688. The van der Waals surface area contributed by atoms with Crippen molar-refractivity contribution in [1.82, 2.24) is 9.88 Å². The zero-order chi connectivity index (χ0) is 18.0. The summed E-state index contributed by atoms with van der Waals surface area (Å²) in [5.41, 5.74) is 1.76. The Kier molecular flexibility index (Phi) is 4.70. The highest BCUT2D eigenvalue weighted by molar-refractivity contribution is 5.94. The number of nitrogens with zero attached hydrogens (tertiary/aromatic N) is 2. The number of methoxy groups -OCH3 is 1. The van der Waals surface area contributed by atoms with Gasteiger partial charge in [0, 0.05) is 12.6 Å². The molecule has 0 bridgehead atoms. The van der Waals surface area contributed by atoms with Gasteiger partial charge in [0.05, 0.1) is 18.4 Å². The van der Waals surface area contributed by atoms with E-state index in [1.54, 1.807) is 14.0 Å². The number of carbonyl (C=O) groups excluding carboxylic acids is 1. The number of carboxylic acid groups (broad SMARTS) is 1. The van der Waals surface area contributed by atoms with Crippen molar-refractivity contribution in [3.8, 4) is 5.75 Å². The molecular weight excluding hydrogens is 320 g/mol. The van der Waals surface area contributed by atoms with Crippen LogP contribution in [-0.4, -0.2) is 40.0 Å². The van der Waals surface area contributed by atoms with Crippen molar-refractivity contribution in [3.63, 3.8) is 0 Å². The monoisotopic (exact) mass is 340 g/mol. The Hall–Kier alpha value is -2.89. The first-order valence-corrected chi connectivity index (χ1v) is 8.14. The van der Waals surface area contributed by atoms with Gasteiger partial charge in [0.15, 0.2) is 0 Å². The lowest BCUT2D eigenvalue weighted by atomic mass is 10.1. The molecule has 0 atom stereocenters. The summed E-state index contributed by atoms with van der Waals surface area (Å²) in [7, 11) is 1.61. The van der Waals surface area contributed by atoms with Crippen LogP contribution in [0.5, 0.6) is 5.75 Å². The van der Waals surface area contributed by atoms with Crippen LogP contribution in [0, 0.1) is 6.92 Å². The Morgan fingerprint density at radius 3 is 2.40 bits per heavy atom. The van der Waals surface area contributed by atoms with E-state index in [2.05, 4.69) is 4.98 Å². The smallest absolute Gasteiger partial charge is 0.337 e. The number of pyridine rings is 1. The maximum atomic E-state index is 12.9. The molecule has 1 aliphatic rings. The van der Waals surface area contributed by atoms with Crippen LogP contribution in [0.4, 0.5) is 0 Å². The van der Waals surface area contributed by atoms with Crippen molar-refractivity contribution in [2.24, 2.45) is 0 Å².